The van der Waals surface area contributed by atoms with E-state index in [1.165, 1.54) is 26.5 Å². The summed E-state index contributed by atoms with van der Waals surface area (Å²) in [7, 11) is 1.43. The van der Waals surface area contributed by atoms with Crippen LogP contribution in [0.25, 0.3) is 0 Å². The molecule has 5 nitrogen and oxygen atoms in total. The number of methoxy groups -OCH3 is 1. The Hall–Kier alpha value is -1.88. The van der Waals surface area contributed by atoms with Crippen molar-refractivity contribution in [1.29, 1.82) is 0 Å². The van der Waals surface area contributed by atoms with Gasteiger partial charge in [-0.15, -0.1) is 0 Å². The minimum Gasteiger partial charge on any atom is -0.469 e. The molecule has 1 spiro atoms. The van der Waals surface area contributed by atoms with Crippen LogP contribution in [0.15, 0.2) is 30.3 Å². The van der Waals surface area contributed by atoms with E-state index < -0.39 is 0 Å². The van der Waals surface area contributed by atoms with Gasteiger partial charge in [0.1, 0.15) is 0 Å². The zero-order chi connectivity index (χ0) is 18.1. The van der Waals surface area contributed by atoms with Crippen LogP contribution in [0.2, 0.25) is 0 Å². The smallest absolute Gasteiger partial charge is 0.311 e. The van der Waals surface area contributed by atoms with Crippen molar-refractivity contribution in [2.75, 3.05) is 26.7 Å². The Balaban J connectivity index is 1.56. The second-order valence-corrected chi connectivity index (χ2v) is 8.09. The van der Waals surface area contributed by atoms with Crippen LogP contribution < -0.4 is 0 Å². The molecule has 140 valence electrons. The molecule has 2 heterocycles. The summed E-state index contributed by atoms with van der Waals surface area (Å²) < 4.78 is 5.08. The van der Waals surface area contributed by atoms with Gasteiger partial charge in [-0.1, -0.05) is 30.3 Å². The zero-order valence-electron chi connectivity index (χ0n) is 15.5. The van der Waals surface area contributed by atoms with Crippen molar-refractivity contribution < 1.29 is 14.3 Å². The normalized spacial score (nSPS) is 25.7. The predicted molar refractivity (Wildman–Crippen MR) is 98.2 cm³/mol. The van der Waals surface area contributed by atoms with Gasteiger partial charge in [0.25, 0.3) is 0 Å². The van der Waals surface area contributed by atoms with Crippen molar-refractivity contribution in [3.8, 4) is 0 Å². The lowest BCUT2D eigenvalue weighted by Crippen LogP contribution is -2.57. The molecule has 0 aromatic heterocycles. The Bertz CT molecular complexity index is 663. The highest BCUT2D eigenvalue weighted by Crippen LogP contribution is 2.45. The molecule has 2 saturated heterocycles. The number of carbonyl (C=O) groups excluding carboxylic acids is 2. The average molecular weight is 356 g/mol. The summed E-state index contributed by atoms with van der Waals surface area (Å²) in [4.78, 5) is 29.8. The number of benzene rings is 1. The highest BCUT2D eigenvalue weighted by molar-refractivity contribution is 5.89. The van der Waals surface area contributed by atoms with Crippen LogP contribution in [0.5, 0.6) is 0 Å². The SMILES string of the molecule is COC(=O)C1CC(=O)N(Cc2ccccc2)C12CCN(CC1CC1)CC2. The summed E-state index contributed by atoms with van der Waals surface area (Å²) in [5.41, 5.74) is 0.728. The molecule has 1 unspecified atom stereocenters. The van der Waals surface area contributed by atoms with E-state index in [0.717, 1.165) is 37.4 Å². The Kier molecular flexibility index (Phi) is 4.74. The van der Waals surface area contributed by atoms with Crippen LogP contribution in [0.4, 0.5) is 0 Å². The van der Waals surface area contributed by atoms with E-state index >= 15 is 0 Å². The number of carbonyl (C=O) groups is 2. The van der Waals surface area contributed by atoms with E-state index in [4.69, 9.17) is 4.74 Å². The lowest BCUT2D eigenvalue weighted by Gasteiger charge is -2.47. The lowest BCUT2D eigenvalue weighted by atomic mass is 9.76. The average Bonchev–Trinajstić information content (AvgIpc) is 3.45. The number of esters is 1. The fraction of sp³-hybridized carbons (Fsp3) is 0.619. The summed E-state index contributed by atoms with van der Waals surface area (Å²) in [5.74, 6) is 0.377. The van der Waals surface area contributed by atoms with E-state index in [1.54, 1.807) is 0 Å². The Labute approximate surface area is 155 Å². The topological polar surface area (TPSA) is 49.9 Å². The van der Waals surface area contributed by atoms with Gasteiger partial charge >= 0.3 is 5.97 Å². The summed E-state index contributed by atoms with van der Waals surface area (Å²) in [5, 5.41) is 0. The molecule has 3 aliphatic rings. The minimum atomic E-state index is -0.389. The number of hydrogen-bond acceptors (Lipinski definition) is 4. The molecule has 1 atom stereocenters. The molecular weight excluding hydrogens is 328 g/mol. The fourth-order valence-electron chi connectivity index (χ4n) is 4.77. The van der Waals surface area contributed by atoms with Crippen LogP contribution >= 0.6 is 0 Å². The van der Waals surface area contributed by atoms with E-state index in [2.05, 4.69) is 17.0 Å². The lowest BCUT2D eigenvalue weighted by molar-refractivity contribution is -0.150. The first-order valence-corrected chi connectivity index (χ1v) is 9.77. The quantitative estimate of drug-likeness (QED) is 0.761. The summed E-state index contributed by atoms with van der Waals surface area (Å²) >= 11 is 0. The van der Waals surface area contributed by atoms with E-state index in [0.29, 0.717) is 6.54 Å². The maximum absolute atomic E-state index is 12.9. The maximum Gasteiger partial charge on any atom is 0.311 e. The molecule has 1 aliphatic carbocycles. The number of rotatable bonds is 5. The number of hydrogen-bond donors (Lipinski definition) is 0. The number of piperidine rings is 1. The van der Waals surface area contributed by atoms with Crippen molar-refractivity contribution in [3.05, 3.63) is 35.9 Å². The predicted octanol–water partition coefficient (Wildman–Crippen LogP) is 2.45. The van der Waals surface area contributed by atoms with E-state index in [1.807, 2.05) is 23.1 Å². The Morgan fingerprint density at radius 1 is 1.19 bits per heavy atom. The zero-order valence-corrected chi connectivity index (χ0v) is 15.5. The summed E-state index contributed by atoms with van der Waals surface area (Å²) in [6.45, 7) is 3.67. The standard InChI is InChI=1S/C21H28N2O3/c1-26-20(25)18-13-19(24)23(15-16-5-3-2-4-6-16)21(18)9-11-22(12-10-21)14-17-7-8-17/h2-6,17-18H,7-15H2,1H3. The molecule has 1 amide bonds. The summed E-state index contributed by atoms with van der Waals surface area (Å²) in [6.07, 6.45) is 4.70. The van der Waals surface area contributed by atoms with Gasteiger partial charge in [0.15, 0.2) is 0 Å². The molecule has 1 aromatic rings. The van der Waals surface area contributed by atoms with Gasteiger partial charge in [0, 0.05) is 32.6 Å². The monoisotopic (exact) mass is 356 g/mol. The molecule has 4 rings (SSSR count). The van der Waals surface area contributed by atoms with Crippen molar-refractivity contribution in [1.82, 2.24) is 9.80 Å². The second kappa shape index (κ2) is 7.03. The second-order valence-electron chi connectivity index (χ2n) is 8.09. The van der Waals surface area contributed by atoms with Gasteiger partial charge in [0.2, 0.25) is 5.91 Å². The minimum absolute atomic E-state index is 0.0832. The van der Waals surface area contributed by atoms with Crippen LogP contribution in [0.3, 0.4) is 0 Å². The van der Waals surface area contributed by atoms with Crippen LogP contribution in [0, 0.1) is 11.8 Å². The van der Waals surface area contributed by atoms with Crippen molar-refractivity contribution in [2.45, 2.75) is 44.2 Å². The van der Waals surface area contributed by atoms with Gasteiger partial charge in [-0.25, -0.2) is 0 Å². The maximum atomic E-state index is 12.9. The molecule has 0 N–H and O–H groups in total. The first-order valence-electron chi connectivity index (χ1n) is 9.77. The highest BCUT2D eigenvalue weighted by atomic mass is 16.5. The first kappa shape index (κ1) is 17.5. The Morgan fingerprint density at radius 3 is 2.50 bits per heavy atom. The molecule has 2 aliphatic heterocycles. The van der Waals surface area contributed by atoms with Gasteiger partial charge in [-0.05, 0) is 37.2 Å². The van der Waals surface area contributed by atoms with Crippen molar-refractivity contribution in [2.24, 2.45) is 11.8 Å². The molecule has 26 heavy (non-hydrogen) atoms. The molecule has 1 saturated carbocycles. The number of nitrogens with zero attached hydrogens (tertiary/aromatic N) is 2. The Morgan fingerprint density at radius 2 is 1.88 bits per heavy atom. The fourth-order valence-corrected chi connectivity index (χ4v) is 4.77. The molecule has 3 fully saturated rings. The van der Waals surface area contributed by atoms with Crippen molar-refractivity contribution in [3.63, 3.8) is 0 Å². The van der Waals surface area contributed by atoms with Crippen LogP contribution in [-0.4, -0.2) is 54.0 Å². The third-order valence-electron chi connectivity index (χ3n) is 6.47. The van der Waals surface area contributed by atoms with E-state index in [-0.39, 0.29) is 29.8 Å². The molecular formula is C21H28N2O3. The van der Waals surface area contributed by atoms with Gasteiger partial charge in [-0.3, -0.25) is 9.59 Å². The molecule has 5 heteroatoms. The number of amides is 1. The van der Waals surface area contributed by atoms with E-state index in [9.17, 15) is 9.59 Å². The number of ether oxygens (including phenoxy) is 1. The highest BCUT2D eigenvalue weighted by Gasteiger charge is 2.57. The van der Waals surface area contributed by atoms with Gasteiger partial charge in [-0.2, -0.15) is 0 Å². The third-order valence-corrected chi connectivity index (χ3v) is 6.47. The third kappa shape index (κ3) is 3.25. The molecule has 0 radical (unpaired) electrons. The van der Waals surface area contributed by atoms with Crippen LogP contribution in [-0.2, 0) is 20.9 Å². The summed E-state index contributed by atoms with van der Waals surface area (Å²) in [6, 6.07) is 10.1. The molecule has 0 bridgehead atoms. The molecule has 1 aromatic carbocycles. The van der Waals surface area contributed by atoms with Crippen LogP contribution in [0.1, 0.15) is 37.7 Å². The largest absolute Gasteiger partial charge is 0.469 e. The number of likely N-dealkylation sites (tertiary alicyclic amines) is 2. The van der Waals surface area contributed by atoms with Gasteiger partial charge < -0.3 is 14.5 Å². The van der Waals surface area contributed by atoms with Gasteiger partial charge in [0.05, 0.1) is 18.6 Å². The van der Waals surface area contributed by atoms with Crippen molar-refractivity contribution >= 4 is 11.9 Å². The first-order chi connectivity index (χ1) is 12.6.